The van der Waals surface area contributed by atoms with Gasteiger partial charge in [0.15, 0.2) is 0 Å². The van der Waals surface area contributed by atoms with Crippen LogP contribution in [0, 0.1) is 0 Å². The summed E-state index contributed by atoms with van der Waals surface area (Å²) in [5.41, 5.74) is 7.63. The summed E-state index contributed by atoms with van der Waals surface area (Å²) < 4.78 is 1.77. The Bertz CT molecular complexity index is 479. The number of rotatable bonds is 3. The zero-order valence-electron chi connectivity index (χ0n) is 9.70. The van der Waals surface area contributed by atoms with Crippen LogP contribution in [-0.4, -0.2) is 28.6 Å². The van der Waals surface area contributed by atoms with Gasteiger partial charge in [0.05, 0.1) is 5.69 Å². The smallest absolute Gasteiger partial charge is 0.320 e. The molecule has 1 aromatic carbocycles. The van der Waals surface area contributed by atoms with Crippen molar-refractivity contribution < 1.29 is 9.90 Å². The van der Waals surface area contributed by atoms with E-state index < -0.39 is 5.97 Å². The maximum Gasteiger partial charge on any atom is 0.320 e. The van der Waals surface area contributed by atoms with Crippen molar-refractivity contribution in [3.63, 3.8) is 0 Å². The number of nitrogens with two attached hydrogens (primary N) is 1. The van der Waals surface area contributed by atoms with E-state index in [1.807, 2.05) is 17.0 Å². The number of hydrogen-bond acceptors (Lipinski definition) is 3. The topological polar surface area (TPSA) is 66.6 Å². The van der Waals surface area contributed by atoms with E-state index in [-0.39, 0.29) is 6.04 Å². The molecule has 1 atom stereocenters. The average molecular weight is 378 g/mol. The highest BCUT2D eigenvalue weighted by Crippen LogP contribution is 2.30. The Morgan fingerprint density at radius 3 is 2.89 bits per heavy atom. The van der Waals surface area contributed by atoms with E-state index in [2.05, 4.69) is 31.9 Å². The largest absolute Gasteiger partial charge is 0.480 e. The number of nitrogens with zero attached hydrogens (tertiary/aromatic N) is 1. The molecule has 1 aromatic rings. The second-order valence-corrected chi connectivity index (χ2v) is 6.20. The van der Waals surface area contributed by atoms with Crippen LogP contribution < -0.4 is 5.73 Å². The molecule has 1 heterocycles. The molecule has 0 unspecified atom stereocenters. The Hall–Kier alpha value is -0.590. The Labute approximate surface area is 122 Å². The Balaban J connectivity index is 2.21. The van der Waals surface area contributed by atoms with Gasteiger partial charge in [-0.25, -0.2) is 0 Å². The third kappa shape index (κ3) is 2.87. The number of aliphatic carboxylic acids is 1. The second kappa shape index (κ2) is 5.59. The lowest BCUT2D eigenvalue weighted by atomic mass is 10.1. The average Bonchev–Trinajstić information content (AvgIpc) is 2.73. The molecule has 4 nitrogen and oxygen atoms in total. The van der Waals surface area contributed by atoms with E-state index in [4.69, 9.17) is 10.8 Å². The number of halogens is 2. The lowest BCUT2D eigenvalue weighted by Crippen LogP contribution is -2.35. The first kappa shape index (κ1) is 13.8. The SMILES string of the molecule is Nc1c(Br)cc(Br)cc1CN1CCC[C@@H]1C(=O)O. The van der Waals surface area contributed by atoms with Crippen molar-refractivity contribution in [3.8, 4) is 0 Å². The minimum atomic E-state index is -0.750. The fourth-order valence-electron chi connectivity index (χ4n) is 2.28. The minimum Gasteiger partial charge on any atom is -0.480 e. The van der Waals surface area contributed by atoms with Crippen LogP contribution in [0.1, 0.15) is 18.4 Å². The second-order valence-electron chi connectivity index (χ2n) is 4.43. The van der Waals surface area contributed by atoms with Crippen LogP contribution in [0.2, 0.25) is 0 Å². The van der Waals surface area contributed by atoms with Gasteiger partial charge in [-0.05, 0) is 53.0 Å². The molecule has 0 amide bonds. The highest BCUT2D eigenvalue weighted by molar-refractivity contribution is 9.11. The molecule has 1 aliphatic rings. The number of carboxylic acids is 1. The van der Waals surface area contributed by atoms with E-state index in [0.717, 1.165) is 27.5 Å². The van der Waals surface area contributed by atoms with E-state index in [1.54, 1.807) is 0 Å². The summed E-state index contributed by atoms with van der Waals surface area (Å²) in [6.45, 7) is 1.38. The van der Waals surface area contributed by atoms with Crippen LogP contribution in [0.4, 0.5) is 5.69 Å². The number of carboxylic acid groups (broad SMARTS) is 1. The Kier molecular flexibility index (Phi) is 4.29. The summed E-state index contributed by atoms with van der Waals surface area (Å²) in [6, 6.07) is 3.44. The van der Waals surface area contributed by atoms with Gasteiger partial charge in [-0.1, -0.05) is 15.9 Å². The van der Waals surface area contributed by atoms with Gasteiger partial charge in [0.25, 0.3) is 0 Å². The van der Waals surface area contributed by atoms with Crippen LogP contribution in [0.25, 0.3) is 0 Å². The molecule has 3 N–H and O–H groups in total. The van der Waals surface area contributed by atoms with Gasteiger partial charge in [-0.2, -0.15) is 0 Å². The third-order valence-electron chi connectivity index (χ3n) is 3.20. The lowest BCUT2D eigenvalue weighted by Gasteiger charge is -2.22. The number of hydrogen-bond donors (Lipinski definition) is 2. The maximum atomic E-state index is 11.1. The van der Waals surface area contributed by atoms with Gasteiger partial charge >= 0.3 is 5.97 Å². The number of benzene rings is 1. The molecule has 98 valence electrons. The molecular formula is C12H14Br2N2O2. The van der Waals surface area contributed by atoms with E-state index >= 15 is 0 Å². The summed E-state index contributed by atoms with van der Waals surface area (Å²) in [6.07, 6.45) is 1.64. The third-order valence-corrected chi connectivity index (χ3v) is 4.32. The zero-order valence-corrected chi connectivity index (χ0v) is 12.9. The fraction of sp³-hybridized carbons (Fsp3) is 0.417. The normalized spacial score (nSPS) is 20.2. The molecule has 18 heavy (non-hydrogen) atoms. The molecular weight excluding hydrogens is 364 g/mol. The van der Waals surface area contributed by atoms with Crippen molar-refractivity contribution in [2.45, 2.75) is 25.4 Å². The van der Waals surface area contributed by atoms with Gasteiger partial charge in [-0.15, -0.1) is 0 Å². The summed E-state index contributed by atoms with van der Waals surface area (Å²) >= 11 is 6.82. The van der Waals surface area contributed by atoms with Crippen LogP contribution in [-0.2, 0) is 11.3 Å². The monoisotopic (exact) mass is 376 g/mol. The highest BCUT2D eigenvalue weighted by atomic mass is 79.9. The van der Waals surface area contributed by atoms with Crippen LogP contribution >= 0.6 is 31.9 Å². The van der Waals surface area contributed by atoms with Crippen LogP contribution in [0.5, 0.6) is 0 Å². The lowest BCUT2D eigenvalue weighted by molar-refractivity contribution is -0.142. The number of nitrogen functional groups attached to an aromatic ring is 1. The van der Waals surface area contributed by atoms with Crippen molar-refractivity contribution in [1.29, 1.82) is 0 Å². The molecule has 0 aliphatic carbocycles. The van der Waals surface area contributed by atoms with E-state index in [0.29, 0.717) is 18.7 Å². The highest BCUT2D eigenvalue weighted by Gasteiger charge is 2.30. The summed E-state index contributed by atoms with van der Waals surface area (Å²) in [4.78, 5) is 13.1. The van der Waals surface area contributed by atoms with Crippen molar-refractivity contribution in [2.75, 3.05) is 12.3 Å². The first-order chi connectivity index (χ1) is 8.49. The maximum absolute atomic E-state index is 11.1. The molecule has 1 aliphatic heterocycles. The van der Waals surface area contributed by atoms with Gasteiger partial charge in [-0.3, -0.25) is 9.69 Å². The molecule has 2 rings (SSSR count). The predicted molar refractivity (Wildman–Crippen MR) is 77.3 cm³/mol. The number of anilines is 1. The number of carbonyl (C=O) groups is 1. The van der Waals surface area contributed by atoms with Gasteiger partial charge in [0.2, 0.25) is 0 Å². The van der Waals surface area contributed by atoms with Crippen molar-refractivity contribution >= 4 is 43.5 Å². The fourth-order valence-corrected chi connectivity index (χ4v) is 3.60. The first-order valence-electron chi connectivity index (χ1n) is 5.69. The van der Waals surface area contributed by atoms with Crippen molar-refractivity contribution in [2.24, 2.45) is 0 Å². The summed E-state index contributed by atoms with van der Waals surface area (Å²) in [7, 11) is 0. The van der Waals surface area contributed by atoms with Crippen LogP contribution in [0.15, 0.2) is 21.1 Å². The molecule has 0 bridgehead atoms. The Morgan fingerprint density at radius 2 is 2.22 bits per heavy atom. The van der Waals surface area contributed by atoms with E-state index in [9.17, 15) is 4.79 Å². The molecule has 0 spiro atoms. The minimum absolute atomic E-state index is 0.387. The molecule has 0 saturated carbocycles. The van der Waals surface area contributed by atoms with Gasteiger partial charge in [0, 0.05) is 15.5 Å². The molecule has 0 aromatic heterocycles. The zero-order chi connectivity index (χ0) is 13.3. The quantitative estimate of drug-likeness (QED) is 0.795. The molecule has 1 saturated heterocycles. The molecule has 6 heteroatoms. The summed E-state index contributed by atoms with van der Waals surface area (Å²) in [5.74, 6) is -0.750. The molecule has 0 radical (unpaired) electrons. The number of likely N-dealkylation sites (tertiary alicyclic amines) is 1. The standard InChI is InChI=1S/C12H14Br2N2O2/c13-8-4-7(11(15)9(14)5-8)6-16-3-1-2-10(16)12(17)18/h4-5,10H,1-3,6,15H2,(H,17,18)/t10-/m1/s1. The van der Waals surface area contributed by atoms with E-state index in [1.165, 1.54) is 0 Å². The summed E-state index contributed by atoms with van der Waals surface area (Å²) in [5, 5.41) is 9.15. The van der Waals surface area contributed by atoms with Crippen molar-refractivity contribution in [1.82, 2.24) is 4.90 Å². The van der Waals surface area contributed by atoms with Gasteiger partial charge in [0.1, 0.15) is 6.04 Å². The Morgan fingerprint density at radius 1 is 1.50 bits per heavy atom. The van der Waals surface area contributed by atoms with Crippen LogP contribution in [0.3, 0.4) is 0 Å². The van der Waals surface area contributed by atoms with Crippen molar-refractivity contribution in [3.05, 3.63) is 26.6 Å². The predicted octanol–water partition coefficient (Wildman–Crippen LogP) is 2.84. The van der Waals surface area contributed by atoms with Gasteiger partial charge < -0.3 is 10.8 Å². The first-order valence-corrected chi connectivity index (χ1v) is 7.28. The molecule has 1 fully saturated rings.